The summed E-state index contributed by atoms with van der Waals surface area (Å²) in [7, 11) is 0. The summed E-state index contributed by atoms with van der Waals surface area (Å²) in [4.78, 5) is 38.0. The molecule has 0 aliphatic carbocycles. The van der Waals surface area contributed by atoms with Gasteiger partial charge in [0.2, 0.25) is 11.8 Å². The molecule has 0 radical (unpaired) electrons. The molecule has 22 N–H and O–H groups in total. The number of hydrogen-bond donors (Lipinski definition) is 22. The Morgan fingerprint density at radius 2 is 0.899 bits per heavy atom. The fourth-order valence-corrected chi connectivity index (χ4v) is 10.0. The minimum atomic E-state index is -3.23. The van der Waals surface area contributed by atoms with Crippen LogP contribution in [0.15, 0.2) is 0 Å². The highest BCUT2D eigenvalue weighted by Crippen LogP contribution is 2.40. The van der Waals surface area contributed by atoms with Crippen LogP contribution in [-0.4, -0.2) is 349 Å². The lowest BCUT2D eigenvalue weighted by Crippen LogP contribution is -2.71. The van der Waals surface area contributed by atoms with Crippen molar-refractivity contribution in [1.82, 2.24) is 10.6 Å². The second-order valence-electron chi connectivity index (χ2n) is 19.7. The smallest absolute Gasteiger partial charge is 0.364 e. The zero-order valence-corrected chi connectivity index (χ0v) is 41.9. The molecular formula is C43H72N2O34. The van der Waals surface area contributed by atoms with Crippen LogP contribution in [0.3, 0.4) is 0 Å². The maximum atomic E-state index is 13.1. The molecule has 36 heteroatoms. The fraction of sp³-hybridized carbons (Fsp3) is 0.930. The van der Waals surface area contributed by atoms with Crippen molar-refractivity contribution in [2.24, 2.45) is 0 Å². The number of aliphatic hydroxyl groups is 19. The van der Waals surface area contributed by atoms with Crippen molar-refractivity contribution in [2.45, 2.75) is 210 Å². The monoisotopic (exact) mass is 1160 g/mol. The Labute approximate surface area is 446 Å². The van der Waals surface area contributed by atoms with Gasteiger partial charge in [-0.3, -0.25) is 9.59 Å². The SMILES string of the molecule is CC(=O)N[C@H]1C(O[C@@H]2OC(CO)[C@H](O)C(O[C@]3(C(=O)O)C[C@@H](O)[C@@H](NC(C)=O)C([C@H](O)[C@H](O)CO)O3)[C@@H]2O)[C@@H](O)C(CO)O[C@H]1O[C@@H]1C(O)[C@@H](O[C@H]2C(CO)O[C@@H](O[C@@H]3C(CO)O[C@@H](O)[C@@H](O)C3O)[C@@H](O)C2O)OC(CO)[C@@H]1O. The molecule has 79 heavy (non-hydrogen) atoms. The molecule has 0 aromatic rings. The summed E-state index contributed by atoms with van der Waals surface area (Å²) in [5.41, 5.74) is 0. The Kier molecular flexibility index (Phi) is 22.9. The quantitative estimate of drug-likeness (QED) is 0.0507. The van der Waals surface area contributed by atoms with Crippen LogP contribution >= 0.6 is 0 Å². The third kappa shape index (κ3) is 13.9. The minimum Gasteiger partial charge on any atom is -0.477 e. The molecule has 11 unspecified atom stereocenters. The van der Waals surface area contributed by atoms with Crippen molar-refractivity contribution in [2.75, 3.05) is 39.6 Å². The third-order valence-electron chi connectivity index (χ3n) is 14.2. The highest BCUT2D eigenvalue weighted by Gasteiger charge is 2.61. The molecule has 0 bridgehead atoms. The van der Waals surface area contributed by atoms with E-state index in [-0.39, 0.29) is 0 Å². The molecule has 6 heterocycles. The van der Waals surface area contributed by atoms with E-state index in [1.165, 1.54) is 0 Å². The first-order chi connectivity index (χ1) is 37.2. The van der Waals surface area contributed by atoms with Crippen molar-refractivity contribution >= 4 is 17.8 Å². The Morgan fingerprint density at radius 1 is 0.494 bits per heavy atom. The number of amides is 2. The molecule has 31 atom stereocenters. The Morgan fingerprint density at radius 3 is 1.39 bits per heavy atom. The lowest BCUT2D eigenvalue weighted by Gasteiger charge is -2.51. The van der Waals surface area contributed by atoms with E-state index < -0.39 is 254 Å². The normalized spacial score (nSPS) is 47.7. The average Bonchev–Trinajstić information content (AvgIpc) is 3.55. The van der Waals surface area contributed by atoms with E-state index in [4.69, 9.17) is 52.1 Å². The van der Waals surface area contributed by atoms with Gasteiger partial charge in [0.15, 0.2) is 31.5 Å². The number of carboxylic acid groups (broad SMARTS) is 1. The first-order valence-electron chi connectivity index (χ1n) is 24.8. The molecule has 0 aromatic heterocycles. The Hall–Kier alpha value is -2.79. The second-order valence-corrected chi connectivity index (χ2v) is 19.7. The number of aliphatic carboxylic acids is 1. The van der Waals surface area contributed by atoms with Crippen LogP contribution in [0.2, 0.25) is 0 Å². The van der Waals surface area contributed by atoms with Crippen LogP contribution in [0.25, 0.3) is 0 Å². The zero-order valence-electron chi connectivity index (χ0n) is 41.9. The van der Waals surface area contributed by atoms with Gasteiger partial charge in [-0.2, -0.15) is 0 Å². The van der Waals surface area contributed by atoms with Gasteiger partial charge in [0.25, 0.3) is 5.79 Å². The number of ether oxygens (including phenoxy) is 11. The average molecular weight is 1160 g/mol. The van der Waals surface area contributed by atoms with Gasteiger partial charge in [0, 0.05) is 20.3 Å². The topological polar surface area (TPSA) is 581 Å². The summed E-state index contributed by atoms with van der Waals surface area (Å²) in [6.07, 6.45) is -58.6. The first-order valence-corrected chi connectivity index (χ1v) is 24.8. The highest BCUT2D eigenvalue weighted by atomic mass is 16.8. The molecule has 36 nitrogen and oxygen atoms in total. The number of aliphatic hydroxyl groups excluding tert-OH is 19. The molecule has 2 amide bonds. The molecule has 6 aliphatic heterocycles. The number of carbonyl (C=O) groups excluding carboxylic acids is 2. The van der Waals surface area contributed by atoms with E-state index in [9.17, 15) is 117 Å². The lowest BCUT2D eigenvalue weighted by atomic mass is 9.88. The van der Waals surface area contributed by atoms with E-state index in [1.54, 1.807) is 0 Å². The van der Waals surface area contributed by atoms with Crippen molar-refractivity contribution in [3.05, 3.63) is 0 Å². The van der Waals surface area contributed by atoms with Gasteiger partial charge in [-0.05, 0) is 0 Å². The molecule has 458 valence electrons. The summed E-state index contributed by atoms with van der Waals surface area (Å²) >= 11 is 0. The van der Waals surface area contributed by atoms with E-state index in [0.29, 0.717) is 0 Å². The van der Waals surface area contributed by atoms with Gasteiger partial charge in [-0.25, -0.2) is 4.79 Å². The van der Waals surface area contributed by atoms with Crippen LogP contribution < -0.4 is 10.6 Å². The molecule has 6 aliphatic rings. The summed E-state index contributed by atoms with van der Waals surface area (Å²) in [5.74, 6) is -7.11. The highest BCUT2D eigenvalue weighted by molar-refractivity contribution is 5.76. The molecule has 0 aromatic carbocycles. The molecule has 6 saturated heterocycles. The summed E-state index contributed by atoms with van der Waals surface area (Å²) in [5, 5.41) is 219. The van der Waals surface area contributed by atoms with E-state index in [2.05, 4.69) is 10.6 Å². The summed E-state index contributed by atoms with van der Waals surface area (Å²) in [6, 6.07) is -3.60. The predicted octanol–water partition coefficient (Wildman–Crippen LogP) is -14.6. The second kappa shape index (κ2) is 27.7. The van der Waals surface area contributed by atoms with Gasteiger partial charge in [0.05, 0.1) is 51.8 Å². The number of hydrogen-bond acceptors (Lipinski definition) is 33. The van der Waals surface area contributed by atoms with E-state index >= 15 is 0 Å². The van der Waals surface area contributed by atoms with Crippen molar-refractivity contribution < 1.29 is 169 Å². The number of carbonyl (C=O) groups is 3. The summed E-state index contributed by atoms with van der Waals surface area (Å²) < 4.78 is 62.2. The molecule has 0 spiro atoms. The number of carboxylic acids is 1. The van der Waals surface area contributed by atoms with Crippen LogP contribution in [0.5, 0.6) is 0 Å². The third-order valence-corrected chi connectivity index (χ3v) is 14.2. The van der Waals surface area contributed by atoms with E-state index in [1.807, 2.05) is 0 Å². The molecule has 6 fully saturated rings. The molecular weight excluding hydrogens is 1090 g/mol. The maximum Gasteiger partial charge on any atom is 0.364 e. The van der Waals surface area contributed by atoms with Crippen LogP contribution in [0.1, 0.15) is 20.3 Å². The minimum absolute atomic E-state index is 0.836. The predicted molar refractivity (Wildman–Crippen MR) is 240 cm³/mol. The largest absolute Gasteiger partial charge is 0.477 e. The fourth-order valence-electron chi connectivity index (χ4n) is 10.0. The maximum absolute atomic E-state index is 13.1. The number of nitrogens with one attached hydrogen (secondary N) is 2. The van der Waals surface area contributed by atoms with Gasteiger partial charge < -0.3 is 165 Å². The van der Waals surface area contributed by atoms with E-state index in [0.717, 1.165) is 13.8 Å². The van der Waals surface area contributed by atoms with Crippen LogP contribution in [0, 0.1) is 0 Å². The number of rotatable bonds is 21. The van der Waals surface area contributed by atoms with Crippen molar-refractivity contribution in [3.63, 3.8) is 0 Å². The van der Waals surface area contributed by atoms with Gasteiger partial charge in [-0.1, -0.05) is 0 Å². The van der Waals surface area contributed by atoms with Crippen LogP contribution in [0.4, 0.5) is 0 Å². The van der Waals surface area contributed by atoms with Gasteiger partial charge in [-0.15, -0.1) is 0 Å². The molecule has 6 rings (SSSR count). The lowest BCUT2D eigenvalue weighted by molar-refractivity contribution is -0.392. The molecule has 0 saturated carbocycles. The van der Waals surface area contributed by atoms with Gasteiger partial charge >= 0.3 is 5.97 Å². The van der Waals surface area contributed by atoms with Crippen LogP contribution in [-0.2, 0) is 66.5 Å². The first kappa shape index (κ1) is 65.4. The standard InChI is InChI=1S/C43H72N2O34/c1-10(52)44-19-12(54)3-43(42(67)68,78-34(19)21(56)13(55)4-46)79-36-24(59)16(7-49)72-41(30(36)65)76-33-20(45-11(2)53)38(70-14(5-47)22(33)57)77-35-23(58)15(6-48)71-40(29(35)64)75-32-18(9-51)73-39(28(63)26(32)61)74-31-17(8-50)69-37(66)27(62)25(31)60/h12-41,46-51,54-66H,3-9H2,1-2H3,(H,44,52)(H,45,53)(H,67,68)/t12-,13-,14?,15?,16?,17?,18?,19-,20+,21-,22+,23+,24+,25?,26?,27+,28+,29?,30+,31-,32+,33?,34?,35+,36?,37-,38+,39+,40-,41+,43+/m1/s1. The van der Waals surface area contributed by atoms with Crippen molar-refractivity contribution in [1.29, 1.82) is 0 Å². The Balaban J connectivity index is 1.25. The Bertz CT molecular complexity index is 1970. The summed E-state index contributed by atoms with van der Waals surface area (Å²) in [6.45, 7) is -4.53. The van der Waals surface area contributed by atoms with Crippen molar-refractivity contribution in [3.8, 4) is 0 Å². The zero-order chi connectivity index (χ0) is 58.7. The van der Waals surface area contributed by atoms with Gasteiger partial charge in [0.1, 0.15) is 140 Å².